The Labute approximate surface area is 129 Å². The van der Waals surface area contributed by atoms with Gasteiger partial charge >= 0.3 is 5.97 Å². The second-order valence-corrected chi connectivity index (χ2v) is 6.49. The SMILES string of the molecule is CCOC(=O)[C@@H]1CCCN(Cc2csc3ccccc23)C1. The lowest BCUT2D eigenvalue weighted by Gasteiger charge is -2.31. The van der Waals surface area contributed by atoms with Crippen molar-refractivity contribution < 1.29 is 9.53 Å². The molecule has 0 saturated carbocycles. The van der Waals surface area contributed by atoms with Crippen molar-refractivity contribution in [3.8, 4) is 0 Å². The average molecular weight is 303 g/mol. The molecule has 0 spiro atoms. The van der Waals surface area contributed by atoms with Gasteiger partial charge in [-0.3, -0.25) is 9.69 Å². The van der Waals surface area contributed by atoms with Crippen LogP contribution in [0.25, 0.3) is 10.1 Å². The van der Waals surface area contributed by atoms with Crippen LogP contribution in [0.3, 0.4) is 0 Å². The third-order valence-electron chi connectivity index (χ3n) is 4.08. The normalized spacial score (nSPS) is 19.8. The van der Waals surface area contributed by atoms with Crippen molar-refractivity contribution >= 4 is 27.4 Å². The molecule has 1 aliphatic rings. The Morgan fingerprint density at radius 2 is 2.29 bits per heavy atom. The second kappa shape index (κ2) is 6.58. The van der Waals surface area contributed by atoms with Crippen molar-refractivity contribution in [2.45, 2.75) is 26.3 Å². The largest absolute Gasteiger partial charge is 0.466 e. The lowest BCUT2D eigenvalue weighted by Crippen LogP contribution is -2.38. The van der Waals surface area contributed by atoms with Crippen LogP contribution in [0, 0.1) is 5.92 Å². The van der Waals surface area contributed by atoms with Crippen LogP contribution in [0.15, 0.2) is 29.6 Å². The minimum atomic E-state index is -0.0302. The molecule has 1 aromatic heterocycles. The zero-order chi connectivity index (χ0) is 14.7. The number of carbonyl (C=O) groups is 1. The highest BCUT2D eigenvalue weighted by Gasteiger charge is 2.27. The van der Waals surface area contributed by atoms with E-state index < -0.39 is 0 Å². The highest BCUT2D eigenvalue weighted by atomic mass is 32.1. The van der Waals surface area contributed by atoms with E-state index in [-0.39, 0.29) is 11.9 Å². The summed E-state index contributed by atoms with van der Waals surface area (Å²) >= 11 is 1.80. The fraction of sp³-hybridized carbons (Fsp3) is 0.471. The van der Waals surface area contributed by atoms with E-state index in [0.717, 1.165) is 32.5 Å². The van der Waals surface area contributed by atoms with Crippen LogP contribution in [0.1, 0.15) is 25.3 Å². The number of fused-ring (bicyclic) bond motifs is 1. The molecule has 1 fully saturated rings. The van der Waals surface area contributed by atoms with Gasteiger partial charge in [0, 0.05) is 17.8 Å². The number of carbonyl (C=O) groups excluding carboxylic acids is 1. The van der Waals surface area contributed by atoms with Crippen LogP contribution in [0.4, 0.5) is 0 Å². The third kappa shape index (κ3) is 3.27. The maximum absolute atomic E-state index is 11.9. The number of esters is 1. The molecule has 0 unspecified atom stereocenters. The number of thiophene rings is 1. The molecule has 0 bridgehead atoms. The maximum atomic E-state index is 11.9. The fourth-order valence-electron chi connectivity index (χ4n) is 3.05. The maximum Gasteiger partial charge on any atom is 0.310 e. The van der Waals surface area contributed by atoms with Crippen LogP contribution < -0.4 is 0 Å². The summed E-state index contributed by atoms with van der Waals surface area (Å²) in [5.74, 6) is 0.0148. The first kappa shape index (κ1) is 14.5. The number of piperidine rings is 1. The van der Waals surface area contributed by atoms with Crippen molar-refractivity contribution in [3.63, 3.8) is 0 Å². The van der Waals surface area contributed by atoms with Gasteiger partial charge in [-0.25, -0.2) is 0 Å². The molecule has 0 radical (unpaired) electrons. The molecule has 4 heteroatoms. The van der Waals surface area contributed by atoms with E-state index in [1.54, 1.807) is 11.3 Å². The number of hydrogen-bond acceptors (Lipinski definition) is 4. The molecular formula is C17H21NO2S. The Morgan fingerprint density at radius 3 is 3.14 bits per heavy atom. The molecule has 3 rings (SSSR count). The molecule has 0 amide bonds. The van der Waals surface area contributed by atoms with E-state index in [2.05, 4.69) is 34.5 Å². The smallest absolute Gasteiger partial charge is 0.310 e. The van der Waals surface area contributed by atoms with Crippen molar-refractivity contribution in [2.24, 2.45) is 5.92 Å². The van der Waals surface area contributed by atoms with Crippen LogP contribution in [0.2, 0.25) is 0 Å². The predicted molar refractivity (Wildman–Crippen MR) is 86.5 cm³/mol. The predicted octanol–water partition coefficient (Wildman–Crippen LogP) is 3.68. The average Bonchev–Trinajstić information content (AvgIpc) is 2.91. The zero-order valence-corrected chi connectivity index (χ0v) is 13.2. The van der Waals surface area contributed by atoms with Gasteiger partial charge in [-0.15, -0.1) is 11.3 Å². The Bertz CT molecular complexity index is 622. The number of rotatable bonds is 4. The Hall–Kier alpha value is -1.39. The summed E-state index contributed by atoms with van der Waals surface area (Å²) in [4.78, 5) is 14.3. The molecule has 21 heavy (non-hydrogen) atoms. The molecule has 1 saturated heterocycles. The van der Waals surface area contributed by atoms with Crippen molar-refractivity contribution in [1.82, 2.24) is 4.90 Å². The number of nitrogens with zero attached hydrogens (tertiary/aromatic N) is 1. The van der Waals surface area contributed by atoms with E-state index >= 15 is 0 Å². The first-order valence-corrected chi connectivity index (χ1v) is 8.50. The summed E-state index contributed by atoms with van der Waals surface area (Å²) in [7, 11) is 0. The van der Waals surface area contributed by atoms with Crippen LogP contribution in [-0.4, -0.2) is 30.6 Å². The highest BCUT2D eigenvalue weighted by molar-refractivity contribution is 7.17. The van der Waals surface area contributed by atoms with Crippen molar-refractivity contribution in [3.05, 3.63) is 35.2 Å². The van der Waals surface area contributed by atoms with E-state index in [4.69, 9.17) is 4.74 Å². The lowest BCUT2D eigenvalue weighted by atomic mass is 9.97. The number of hydrogen-bond donors (Lipinski definition) is 0. The summed E-state index contributed by atoms with van der Waals surface area (Å²) in [5.41, 5.74) is 1.38. The van der Waals surface area contributed by atoms with Gasteiger partial charge in [-0.05, 0) is 48.7 Å². The molecular weight excluding hydrogens is 282 g/mol. The molecule has 1 aliphatic heterocycles. The van der Waals surface area contributed by atoms with Crippen molar-refractivity contribution in [2.75, 3.05) is 19.7 Å². The topological polar surface area (TPSA) is 29.5 Å². The van der Waals surface area contributed by atoms with Gasteiger partial charge in [0.2, 0.25) is 0 Å². The Balaban J connectivity index is 1.68. The first-order valence-electron chi connectivity index (χ1n) is 7.62. The summed E-state index contributed by atoms with van der Waals surface area (Å²) in [6.45, 7) is 5.17. The minimum Gasteiger partial charge on any atom is -0.466 e. The summed E-state index contributed by atoms with van der Waals surface area (Å²) in [6.07, 6.45) is 2.03. The highest BCUT2D eigenvalue weighted by Crippen LogP contribution is 2.28. The number of benzene rings is 1. The molecule has 1 atom stereocenters. The standard InChI is InChI=1S/C17H21NO2S/c1-2-20-17(19)13-6-5-9-18(10-13)11-14-12-21-16-8-4-3-7-15(14)16/h3-4,7-8,12-13H,2,5-6,9-11H2,1H3/t13-/m1/s1. The third-order valence-corrected chi connectivity index (χ3v) is 5.09. The molecule has 2 aromatic rings. The molecule has 3 nitrogen and oxygen atoms in total. The van der Waals surface area contributed by atoms with Crippen LogP contribution in [0.5, 0.6) is 0 Å². The second-order valence-electron chi connectivity index (χ2n) is 5.58. The van der Waals surface area contributed by atoms with Crippen LogP contribution in [-0.2, 0) is 16.1 Å². The van der Waals surface area contributed by atoms with E-state index in [1.165, 1.54) is 15.6 Å². The molecule has 2 heterocycles. The number of ether oxygens (including phenoxy) is 1. The summed E-state index contributed by atoms with van der Waals surface area (Å²) in [5, 5.41) is 3.60. The quantitative estimate of drug-likeness (QED) is 0.807. The minimum absolute atomic E-state index is 0.0302. The van der Waals surface area contributed by atoms with Gasteiger partial charge in [0.15, 0.2) is 0 Å². The Kier molecular flexibility index (Phi) is 4.56. The number of likely N-dealkylation sites (tertiary alicyclic amines) is 1. The van der Waals surface area contributed by atoms with E-state index in [0.29, 0.717) is 6.61 Å². The summed E-state index contributed by atoms with van der Waals surface area (Å²) in [6, 6.07) is 8.53. The Morgan fingerprint density at radius 1 is 1.43 bits per heavy atom. The summed E-state index contributed by atoms with van der Waals surface area (Å²) < 4.78 is 6.51. The fourth-order valence-corrected chi connectivity index (χ4v) is 4.00. The van der Waals surface area contributed by atoms with Crippen molar-refractivity contribution in [1.29, 1.82) is 0 Å². The molecule has 0 N–H and O–H groups in total. The first-order chi connectivity index (χ1) is 10.3. The molecule has 1 aromatic carbocycles. The van der Waals surface area contributed by atoms with Gasteiger partial charge in [0.05, 0.1) is 12.5 Å². The van der Waals surface area contributed by atoms with Gasteiger partial charge in [-0.2, -0.15) is 0 Å². The van der Waals surface area contributed by atoms with E-state index in [9.17, 15) is 4.79 Å². The van der Waals surface area contributed by atoms with Crippen LogP contribution >= 0.6 is 11.3 Å². The zero-order valence-electron chi connectivity index (χ0n) is 12.4. The molecule has 112 valence electrons. The lowest BCUT2D eigenvalue weighted by molar-refractivity contribution is -0.150. The van der Waals surface area contributed by atoms with Gasteiger partial charge in [0.25, 0.3) is 0 Å². The molecule has 0 aliphatic carbocycles. The monoisotopic (exact) mass is 303 g/mol. The van der Waals surface area contributed by atoms with Gasteiger partial charge < -0.3 is 4.74 Å². The van der Waals surface area contributed by atoms with Gasteiger partial charge in [-0.1, -0.05) is 18.2 Å². The van der Waals surface area contributed by atoms with Gasteiger partial charge in [0.1, 0.15) is 0 Å². The van der Waals surface area contributed by atoms with E-state index in [1.807, 2.05) is 6.92 Å².